The highest BCUT2D eigenvalue weighted by atomic mass is 35.5. The van der Waals surface area contributed by atoms with Gasteiger partial charge in [-0.2, -0.15) is 0 Å². The second-order valence-electron chi connectivity index (χ2n) is 8.02. The van der Waals surface area contributed by atoms with Crippen LogP contribution in [0.3, 0.4) is 0 Å². The number of anilines is 2. The number of carbonyl (C=O) groups excluding carboxylic acids is 2. The van der Waals surface area contributed by atoms with Gasteiger partial charge in [0.25, 0.3) is 17.0 Å². The number of furan rings is 1. The van der Waals surface area contributed by atoms with Crippen LogP contribution in [-0.4, -0.2) is 58.8 Å². The molecule has 36 heavy (non-hydrogen) atoms. The predicted octanol–water partition coefficient (Wildman–Crippen LogP) is 4.68. The summed E-state index contributed by atoms with van der Waals surface area (Å²) in [6, 6.07) is 18.1. The number of carbonyl (C=O) groups is 2. The van der Waals surface area contributed by atoms with Crippen LogP contribution in [0.25, 0.3) is 11.7 Å². The van der Waals surface area contributed by atoms with Crippen molar-refractivity contribution >= 4 is 46.6 Å². The molecule has 0 saturated carbocycles. The van der Waals surface area contributed by atoms with Crippen molar-refractivity contribution in [3.05, 3.63) is 77.5 Å². The molecule has 0 radical (unpaired) electrons. The van der Waals surface area contributed by atoms with E-state index in [0.29, 0.717) is 40.3 Å². The van der Waals surface area contributed by atoms with Crippen LogP contribution in [-0.2, 0) is 4.79 Å². The highest BCUT2D eigenvalue weighted by molar-refractivity contribution is 7.99. The Balaban J connectivity index is 1.08. The lowest BCUT2D eigenvalue weighted by atomic mass is 10.1. The van der Waals surface area contributed by atoms with Crippen LogP contribution in [0, 0.1) is 0 Å². The molecular formula is C25H22ClN5O4S. The molecule has 1 saturated heterocycles. The third-order valence-electron chi connectivity index (χ3n) is 5.64. The third-order valence-corrected chi connectivity index (χ3v) is 6.71. The number of nitrogens with zero attached hydrogens (tertiary/aromatic N) is 4. The number of rotatable bonds is 7. The third kappa shape index (κ3) is 5.72. The van der Waals surface area contributed by atoms with Gasteiger partial charge in [-0.15, -0.1) is 10.2 Å². The van der Waals surface area contributed by atoms with Crippen LogP contribution in [0.15, 0.2) is 81.0 Å². The van der Waals surface area contributed by atoms with E-state index in [2.05, 4.69) is 20.4 Å². The van der Waals surface area contributed by atoms with Crippen molar-refractivity contribution in [2.45, 2.75) is 5.22 Å². The van der Waals surface area contributed by atoms with Crippen LogP contribution in [0.5, 0.6) is 0 Å². The highest BCUT2D eigenvalue weighted by Crippen LogP contribution is 2.24. The fraction of sp³-hybridized carbons (Fsp3) is 0.200. The molecule has 2 aromatic heterocycles. The fourth-order valence-electron chi connectivity index (χ4n) is 3.79. The summed E-state index contributed by atoms with van der Waals surface area (Å²) in [5.74, 6) is 0.715. The lowest BCUT2D eigenvalue weighted by Crippen LogP contribution is -2.48. The molecule has 0 bridgehead atoms. The lowest BCUT2D eigenvalue weighted by Gasteiger charge is -2.36. The molecule has 184 valence electrons. The molecule has 4 aromatic rings. The van der Waals surface area contributed by atoms with Crippen LogP contribution in [0.4, 0.5) is 11.4 Å². The van der Waals surface area contributed by atoms with Crippen molar-refractivity contribution in [3.8, 4) is 11.7 Å². The number of hydrogen-bond acceptors (Lipinski definition) is 8. The van der Waals surface area contributed by atoms with E-state index in [1.165, 1.54) is 6.26 Å². The van der Waals surface area contributed by atoms with Gasteiger partial charge in [0.2, 0.25) is 5.91 Å². The topological polar surface area (TPSA) is 105 Å². The Hall–Kier alpha value is -3.76. The Morgan fingerprint density at radius 1 is 0.972 bits per heavy atom. The van der Waals surface area contributed by atoms with Crippen molar-refractivity contribution in [1.82, 2.24) is 15.1 Å². The van der Waals surface area contributed by atoms with Gasteiger partial charge in [0.15, 0.2) is 5.76 Å². The summed E-state index contributed by atoms with van der Waals surface area (Å²) in [6.45, 7) is 2.72. The summed E-state index contributed by atoms with van der Waals surface area (Å²) in [7, 11) is 0. The minimum absolute atomic E-state index is 0.0139. The maximum absolute atomic E-state index is 12.7. The van der Waals surface area contributed by atoms with Crippen LogP contribution in [0.2, 0.25) is 5.02 Å². The molecule has 0 spiro atoms. The first-order valence-corrected chi connectivity index (χ1v) is 12.6. The monoisotopic (exact) mass is 523 g/mol. The van der Waals surface area contributed by atoms with E-state index in [-0.39, 0.29) is 23.5 Å². The number of piperazine rings is 1. The Kier molecular flexibility index (Phi) is 7.24. The average Bonchev–Trinajstić information content (AvgIpc) is 3.61. The molecule has 0 unspecified atom stereocenters. The van der Waals surface area contributed by atoms with Gasteiger partial charge in [-0.05, 0) is 60.7 Å². The van der Waals surface area contributed by atoms with Gasteiger partial charge in [0, 0.05) is 48.1 Å². The first-order valence-electron chi connectivity index (χ1n) is 11.2. The van der Waals surface area contributed by atoms with Crippen molar-refractivity contribution in [3.63, 3.8) is 0 Å². The maximum atomic E-state index is 12.7. The molecule has 2 aromatic carbocycles. The molecule has 2 amide bonds. The number of hydrogen-bond donors (Lipinski definition) is 1. The predicted molar refractivity (Wildman–Crippen MR) is 137 cm³/mol. The van der Waals surface area contributed by atoms with Gasteiger partial charge in [-0.25, -0.2) is 0 Å². The van der Waals surface area contributed by atoms with Crippen molar-refractivity contribution in [2.75, 3.05) is 42.1 Å². The van der Waals surface area contributed by atoms with E-state index < -0.39 is 0 Å². The summed E-state index contributed by atoms with van der Waals surface area (Å²) in [6.07, 6.45) is 1.52. The van der Waals surface area contributed by atoms with Gasteiger partial charge in [0.1, 0.15) is 0 Å². The molecule has 0 aliphatic carbocycles. The van der Waals surface area contributed by atoms with Crippen LogP contribution in [0.1, 0.15) is 10.4 Å². The maximum Gasteiger partial charge on any atom is 0.284 e. The molecule has 5 rings (SSSR count). The minimum atomic E-state index is -0.181. The number of amides is 2. The van der Waals surface area contributed by atoms with Crippen LogP contribution < -0.4 is 10.2 Å². The zero-order valence-electron chi connectivity index (χ0n) is 19.1. The molecule has 1 aliphatic heterocycles. The van der Waals surface area contributed by atoms with Gasteiger partial charge in [-0.3, -0.25) is 9.59 Å². The zero-order valence-corrected chi connectivity index (χ0v) is 20.7. The van der Waals surface area contributed by atoms with E-state index in [4.69, 9.17) is 20.4 Å². The number of thioether (sulfide) groups is 1. The number of halogens is 1. The van der Waals surface area contributed by atoms with Gasteiger partial charge in [0.05, 0.1) is 12.0 Å². The van der Waals surface area contributed by atoms with Gasteiger partial charge < -0.3 is 24.0 Å². The van der Waals surface area contributed by atoms with Gasteiger partial charge >= 0.3 is 0 Å². The summed E-state index contributed by atoms with van der Waals surface area (Å²) in [4.78, 5) is 29.1. The van der Waals surface area contributed by atoms with Gasteiger partial charge in [-0.1, -0.05) is 23.4 Å². The van der Waals surface area contributed by atoms with E-state index in [0.717, 1.165) is 30.5 Å². The molecular weight excluding hydrogens is 502 g/mol. The Labute approximate surface area is 216 Å². The molecule has 3 heterocycles. The second-order valence-corrected chi connectivity index (χ2v) is 9.38. The molecule has 0 atom stereocenters. The Morgan fingerprint density at radius 3 is 2.42 bits per heavy atom. The molecule has 1 fully saturated rings. The Morgan fingerprint density at radius 2 is 1.72 bits per heavy atom. The second kappa shape index (κ2) is 10.9. The minimum Gasteiger partial charge on any atom is -0.459 e. The standard InChI is InChI=1S/C25H22ClN5O4S/c26-18-5-3-17(4-6-18)24(33)31-13-11-30(12-14-31)20-9-7-19(8-10-20)27-22(32)16-36-25-29-28-23(35-25)21-2-1-15-34-21/h1-10,15H,11-14,16H2,(H,27,32). The van der Waals surface area contributed by atoms with E-state index in [1.54, 1.807) is 36.4 Å². The fourth-order valence-corrected chi connectivity index (χ4v) is 4.48. The molecule has 1 aliphatic rings. The smallest absolute Gasteiger partial charge is 0.284 e. The van der Waals surface area contributed by atoms with E-state index >= 15 is 0 Å². The quantitative estimate of drug-likeness (QED) is 0.348. The largest absolute Gasteiger partial charge is 0.459 e. The van der Waals surface area contributed by atoms with Crippen molar-refractivity contribution < 1.29 is 18.4 Å². The van der Waals surface area contributed by atoms with E-state index in [9.17, 15) is 9.59 Å². The van der Waals surface area contributed by atoms with Crippen LogP contribution >= 0.6 is 23.4 Å². The number of aromatic nitrogens is 2. The lowest BCUT2D eigenvalue weighted by molar-refractivity contribution is -0.113. The highest BCUT2D eigenvalue weighted by Gasteiger charge is 2.22. The summed E-state index contributed by atoms with van der Waals surface area (Å²) in [5.41, 5.74) is 2.38. The molecule has 9 nitrogen and oxygen atoms in total. The molecule has 11 heteroatoms. The average molecular weight is 524 g/mol. The normalized spacial score (nSPS) is 13.6. The summed E-state index contributed by atoms with van der Waals surface area (Å²) >= 11 is 7.07. The first kappa shape index (κ1) is 24.0. The summed E-state index contributed by atoms with van der Waals surface area (Å²) < 4.78 is 10.7. The summed E-state index contributed by atoms with van der Waals surface area (Å²) in [5, 5.41) is 11.6. The van der Waals surface area contributed by atoms with E-state index in [1.807, 2.05) is 29.2 Å². The van der Waals surface area contributed by atoms with Crippen molar-refractivity contribution in [1.29, 1.82) is 0 Å². The Bertz CT molecular complexity index is 1320. The number of benzene rings is 2. The number of nitrogens with one attached hydrogen (secondary N) is 1. The van der Waals surface area contributed by atoms with Crippen molar-refractivity contribution in [2.24, 2.45) is 0 Å². The first-order chi connectivity index (χ1) is 17.5. The molecule has 1 N–H and O–H groups in total. The SMILES string of the molecule is O=C(CSc1nnc(-c2ccco2)o1)Nc1ccc(N2CCN(C(=O)c3ccc(Cl)cc3)CC2)cc1. The zero-order chi connectivity index (χ0) is 24.9.